The molecular formula is C50H97N2O6P. The Kier molecular flexibility index (Phi) is 41.1. The molecule has 1 amide bonds. The van der Waals surface area contributed by atoms with Gasteiger partial charge in [-0.3, -0.25) is 9.36 Å². The smallest absolute Gasteiger partial charge is 0.268 e. The molecule has 0 aliphatic carbocycles. The van der Waals surface area contributed by atoms with Crippen molar-refractivity contribution in [3.8, 4) is 0 Å². The number of nitrogens with zero attached hydrogens (tertiary/aromatic N) is 1. The first-order chi connectivity index (χ1) is 28.5. The molecule has 9 heteroatoms. The molecule has 0 spiro atoms. The SMILES string of the molecule is CCCCCCC/C=C\C/C=C\C/C=C\CCCCCCCCCCCCCCC(=O)NC(COP(=O)([O-])OCC[N+](C)(C)C)C(O)CCCCCCCCCCCC. The first kappa shape index (κ1) is 57.7. The Hall–Kier alpha value is -1.28. The highest BCUT2D eigenvalue weighted by atomic mass is 31.2. The summed E-state index contributed by atoms with van der Waals surface area (Å²) in [5.74, 6) is -0.168. The second-order valence-electron chi connectivity index (χ2n) is 18.2. The van der Waals surface area contributed by atoms with Gasteiger partial charge in [-0.05, 0) is 51.4 Å². The van der Waals surface area contributed by atoms with E-state index in [4.69, 9.17) is 9.05 Å². The van der Waals surface area contributed by atoms with E-state index in [0.717, 1.165) is 51.4 Å². The number of likely N-dealkylation sites (N-methyl/N-ethyl adjacent to an activating group) is 1. The second kappa shape index (κ2) is 42.0. The van der Waals surface area contributed by atoms with Gasteiger partial charge in [0.25, 0.3) is 7.82 Å². The van der Waals surface area contributed by atoms with E-state index in [1.165, 1.54) is 148 Å². The summed E-state index contributed by atoms with van der Waals surface area (Å²) in [7, 11) is 1.30. The quantitative estimate of drug-likeness (QED) is 0.0273. The van der Waals surface area contributed by atoms with Crippen LogP contribution in [0.5, 0.6) is 0 Å². The summed E-state index contributed by atoms with van der Waals surface area (Å²) in [6, 6.07) is -0.799. The van der Waals surface area contributed by atoms with Gasteiger partial charge < -0.3 is 28.8 Å². The number of phosphoric ester groups is 1. The number of rotatable bonds is 45. The monoisotopic (exact) mass is 853 g/mol. The van der Waals surface area contributed by atoms with E-state index < -0.39 is 20.0 Å². The van der Waals surface area contributed by atoms with Crippen LogP contribution >= 0.6 is 7.82 Å². The van der Waals surface area contributed by atoms with Crippen molar-refractivity contribution in [3.05, 3.63) is 36.5 Å². The van der Waals surface area contributed by atoms with Gasteiger partial charge in [-0.15, -0.1) is 0 Å². The van der Waals surface area contributed by atoms with Crippen molar-refractivity contribution in [1.82, 2.24) is 5.32 Å². The fourth-order valence-corrected chi connectivity index (χ4v) is 7.89. The molecular weight excluding hydrogens is 756 g/mol. The van der Waals surface area contributed by atoms with E-state index in [9.17, 15) is 19.4 Å². The van der Waals surface area contributed by atoms with Crippen LogP contribution in [0.3, 0.4) is 0 Å². The second-order valence-corrected chi connectivity index (χ2v) is 19.6. The highest BCUT2D eigenvalue weighted by Crippen LogP contribution is 2.38. The highest BCUT2D eigenvalue weighted by molar-refractivity contribution is 7.45. The summed E-state index contributed by atoms with van der Waals surface area (Å²) in [5.41, 5.74) is 0. The Morgan fingerprint density at radius 1 is 0.593 bits per heavy atom. The largest absolute Gasteiger partial charge is 0.756 e. The maximum Gasteiger partial charge on any atom is 0.268 e. The predicted molar refractivity (Wildman–Crippen MR) is 251 cm³/mol. The Morgan fingerprint density at radius 3 is 1.42 bits per heavy atom. The third-order valence-electron chi connectivity index (χ3n) is 11.1. The number of allylic oxidation sites excluding steroid dienone is 6. The van der Waals surface area contributed by atoms with E-state index in [1.807, 2.05) is 21.1 Å². The van der Waals surface area contributed by atoms with Crippen LogP contribution in [0.1, 0.15) is 226 Å². The van der Waals surface area contributed by atoms with Gasteiger partial charge >= 0.3 is 0 Å². The molecule has 0 saturated heterocycles. The zero-order chi connectivity index (χ0) is 43.6. The lowest BCUT2D eigenvalue weighted by molar-refractivity contribution is -0.870. The molecule has 348 valence electrons. The van der Waals surface area contributed by atoms with E-state index in [2.05, 4.69) is 55.6 Å². The Labute approximate surface area is 366 Å². The van der Waals surface area contributed by atoms with Gasteiger partial charge in [0.15, 0.2) is 0 Å². The van der Waals surface area contributed by atoms with Gasteiger partial charge in [0.1, 0.15) is 13.2 Å². The minimum atomic E-state index is -4.56. The number of aliphatic hydroxyl groups is 1. The maximum absolute atomic E-state index is 12.9. The molecule has 0 aliphatic rings. The molecule has 0 rings (SSSR count). The number of carbonyl (C=O) groups excluding carboxylic acids is 1. The first-order valence-corrected chi connectivity index (χ1v) is 26.3. The molecule has 0 aromatic heterocycles. The van der Waals surface area contributed by atoms with Gasteiger partial charge in [0, 0.05) is 6.42 Å². The number of hydrogen-bond acceptors (Lipinski definition) is 6. The van der Waals surface area contributed by atoms with Crippen molar-refractivity contribution >= 4 is 13.7 Å². The van der Waals surface area contributed by atoms with Crippen LogP contribution < -0.4 is 10.2 Å². The predicted octanol–water partition coefficient (Wildman–Crippen LogP) is 13.6. The van der Waals surface area contributed by atoms with Crippen molar-refractivity contribution in [1.29, 1.82) is 0 Å². The molecule has 0 heterocycles. The molecule has 2 N–H and O–H groups in total. The lowest BCUT2D eigenvalue weighted by Crippen LogP contribution is -2.46. The van der Waals surface area contributed by atoms with Gasteiger partial charge in [-0.25, -0.2) is 0 Å². The van der Waals surface area contributed by atoms with E-state index in [1.54, 1.807) is 0 Å². The summed E-state index contributed by atoms with van der Waals surface area (Å²) < 4.78 is 23.3. The van der Waals surface area contributed by atoms with Crippen LogP contribution in [0.25, 0.3) is 0 Å². The zero-order valence-corrected chi connectivity index (χ0v) is 40.4. The van der Waals surface area contributed by atoms with Crippen LogP contribution in [-0.2, 0) is 18.4 Å². The molecule has 0 aliphatic heterocycles. The fraction of sp³-hybridized carbons (Fsp3) is 0.860. The van der Waals surface area contributed by atoms with E-state index >= 15 is 0 Å². The van der Waals surface area contributed by atoms with Crippen molar-refractivity contribution in [2.75, 3.05) is 40.9 Å². The topological polar surface area (TPSA) is 108 Å². The van der Waals surface area contributed by atoms with Crippen molar-refractivity contribution < 1.29 is 32.9 Å². The standard InChI is InChI=1S/C50H97N2O6P/c1-6-8-10-12-14-16-18-19-20-21-22-23-24-25-26-27-28-29-30-31-32-33-34-36-38-40-42-44-50(54)51-48(47-58-59(55,56)57-46-45-52(3,4)5)49(53)43-41-39-37-35-17-15-13-11-9-7-2/h18-19,21-22,24-25,48-49,53H,6-17,20,23,26-47H2,1-5H3,(H-,51,54,55,56)/b19-18-,22-21-,25-24-. The molecule has 0 aromatic rings. The summed E-state index contributed by atoms with van der Waals surface area (Å²) in [6.07, 6.45) is 51.6. The number of phosphoric acid groups is 1. The Balaban J connectivity index is 4.11. The van der Waals surface area contributed by atoms with Crippen molar-refractivity contribution in [3.63, 3.8) is 0 Å². The van der Waals surface area contributed by atoms with Gasteiger partial charge in [0.05, 0.1) is 39.9 Å². The number of hydrogen-bond donors (Lipinski definition) is 2. The summed E-state index contributed by atoms with van der Waals surface area (Å²) in [5, 5.41) is 13.9. The molecule has 0 radical (unpaired) electrons. The number of unbranched alkanes of at least 4 members (excludes halogenated alkanes) is 26. The minimum Gasteiger partial charge on any atom is -0.756 e. The molecule has 3 atom stereocenters. The third-order valence-corrected chi connectivity index (χ3v) is 12.1. The average Bonchev–Trinajstić information content (AvgIpc) is 3.19. The summed E-state index contributed by atoms with van der Waals surface area (Å²) in [4.78, 5) is 25.3. The van der Waals surface area contributed by atoms with Crippen molar-refractivity contribution in [2.24, 2.45) is 0 Å². The normalized spacial score (nSPS) is 14.5. The molecule has 0 fully saturated rings. The lowest BCUT2D eigenvalue weighted by atomic mass is 10.0. The van der Waals surface area contributed by atoms with Crippen LogP contribution in [0.2, 0.25) is 0 Å². The number of nitrogens with one attached hydrogen (secondary N) is 1. The van der Waals surface area contributed by atoms with E-state index in [0.29, 0.717) is 23.9 Å². The molecule has 0 saturated carbocycles. The van der Waals surface area contributed by atoms with Gasteiger partial charge in [-0.2, -0.15) is 0 Å². The lowest BCUT2D eigenvalue weighted by Gasteiger charge is -2.30. The van der Waals surface area contributed by atoms with Crippen LogP contribution in [-0.4, -0.2) is 68.5 Å². The van der Waals surface area contributed by atoms with Crippen molar-refractivity contribution in [2.45, 2.75) is 238 Å². The average molecular weight is 853 g/mol. The fourth-order valence-electron chi connectivity index (χ4n) is 7.16. The summed E-state index contributed by atoms with van der Waals surface area (Å²) in [6.45, 7) is 4.69. The number of quaternary nitrogens is 1. The summed E-state index contributed by atoms with van der Waals surface area (Å²) >= 11 is 0. The first-order valence-electron chi connectivity index (χ1n) is 24.8. The molecule has 8 nitrogen and oxygen atoms in total. The Bertz CT molecular complexity index is 1060. The Morgan fingerprint density at radius 2 is 0.983 bits per heavy atom. The molecule has 59 heavy (non-hydrogen) atoms. The van der Waals surface area contributed by atoms with E-state index in [-0.39, 0.29) is 19.1 Å². The van der Waals surface area contributed by atoms with Gasteiger partial charge in [0.2, 0.25) is 5.91 Å². The molecule has 3 unspecified atom stereocenters. The van der Waals surface area contributed by atoms with Crippen LogP contribution in [0, 0.1) is 0 Å². The van der Waals surface area contributed by atoms with Crippen LogP contribution in [0.4, 0.5) is 0 Å². The van der Waals surface area contributed by atoms with Gasteiger partial charge in [-0.1, -0.05) is 204 Å². The number of amides is 1. The zero-order valence-electron chi connectivity index (χ0n) is 39.5. The highest BCUT2D eigenvalue weighted by Gasteiger charge is 2.24. The minimum absolute atomic E-state index is 0.0116. The number of carbonyl (C=O) groups is 1. The van der Waals surface area contributed by atoms with Crippen LogP contribution in [0.15, 0.2) is 36.5 Å². The molecule has 0 bridgehead atoms. The maximum atomic E-state index is 12.9. The number of aliphatic hydroxyl groups excluding tert-OH is 1. The molecule has 0 aromatic carbocycles. The third kappa shape index (κ3) is 44.6.